The first kappa shape index (κ1) is 33.9. The summed E-state index contributed by atoms with van der Waals surface area (Å²) in [5.74, 6) is 1.71. The highest BCUT2D eigenvalue weighted by molar-refractivity contribution is 7.29. The maximum Gasteiger partial charge on any atom is 0.183 e. The van der Waals surface area contributed by atoms with E-state index in [2.05, 4.69) is 62.4 Å². The van der Waals surface area contributed by atoms with Gasteiger partial charge in [-0.15, -0.1) is 34.0 Å². The lowest BCUT2D eigenvalue weighted by Crippen LogP contribution is -2.02. The van der Waals surface area contributed by atoms with Crippen LogP contribution >= 0.6 is 34.0 Å². The molecule has 242 valence electrons. The van der Waals surface area contributed by atoms with Crippen LogP contribution in [-0.4, -0.2) is 23.2 Å². The highest BCUT2D eigenvalue weighted by atomic mass is 32.1. The van der Waals surface area contributed by atoms with Crippen molar-refractivity contribution < 1.29 is 9.47 Å². The molecule has 0 saturated carbocycles. The van der Waals surface area contributed by atoms with Crippen LogP contribution in [0, 0.1) is 0 Å². The van der Waals surface area contributed by atoms with Gasteiger partial charge in [0.25, 0.3) is 0 Å². The Hall–Kier alpha value is -2.48. The number of ether oxygens (including phenoxy) is 2. The van der Waals surface area contributed by atoms with Gasteiger partial charge in [0.15, 0.2) is 11.5 Å². The van der Waals surface area contributed by atoms with Crippen LogP contribution in [0.4, 0.5) is 0 Å². The van der Waals surface area contributed by atoms with Crippen molar-refractivity contribution in [3.8, 4) is 31.3 Å². The molecule has 5 rings (SSSR count). The summed E-state index contributed by atoms with van der Waals surface area (Å²) < 4.78 is 15.8. The molecule has 0 aliphatic carbocycles. The van der Waals surface area contributed by atoms with Crippen molar-refractivity contribution in [2.24, 2.45) is 0 Å². The number of hydrogen-bond donors (Lipinski definition) is 0. The number of benzene rings is 2. The molecule has 3 aromatic heterocycles. The minimum Gasteiger partial charge on any atom is -0.488 e. The molecule has 0 atom stereocenters. The Bertz CT molecular complexity index is 1390. The van der Waals surface area contributed by atoms with Gasteiger partial charge < -0.3 is 9.47 Å². The van der Waals surface area contributed by atoms with Crippen LogP contribution in [0.15, 0.2) is 48.5 Å². The third-order valence-electron chi connectivity index (χ3n) is 8.29. The van der Waals surface area contributed by atoms with E-state index in [1.165, 1.54) is 99.3 Å². The predicted octanol–water partition coefficient (Wildman–Crippen LogP) is 13.3. The average molecular weight is 663 g/mol. The van der Waals surface area contributed by atoms with Crippen molar-refractivity contribution in [3.63, 3.8) is 0 Å². The van der Waals surface area contributed by atoms with E-state index >= 15 is 0 Å². The number of thiophene rings is 1. The van der Waals surface area contributed by atoms with Gasteiger partial charge in [-0.2, -0.15) is 0 Å². The number of aromatic nitrogens is 2. The van der Waals surface area contributed by atoms with Gasteiger partial charge >= 0.3 is 0 Å². The summed E-state index contributed by atoms with van der Waals surface area (Å²) in [6.07, 6.45) is 20.4. The minimum atomic E-state index is 0.691. The van der Waals surface area contributed by atoms with Crippen LogP contribution < -0.4 is 9.47 Å². The number of hydrogen-bond acceptors (Lipinski definition) is 7. The summed E-state index contributed by atoms with van der Waals surface area (Å²) >= 11 is 5.19. The first-order valence-electron chi connectivity index (χ1n) is 17.4. The molecule has 0 fully saturated rings. The molecule has 5 aromatic rings. The number of thiazole rings is 2. The first-order valence-corrected chi connectivity index (χ1v) is 19.9. The molecule has 0 aliphatic rings. The lowest BCUT2D eigenvalue weighted by Gasteiger charge is -2.12. The van der Waals surface area contributed by atoms with E-state index in [1.54, 1.807) is 34.0 Å². The Morgan fingerprint density at radius 1 is 0.467 bits per heavy atom. The number of fused-ring (bicyclic) bond motifs is 2. The topological polar surface area (TPSA) is 44.2 Å². The SMILES string of the molecule is CCCCCCCCCCOc1c(-c2nc3ccccc3s2)sc(-c2nc3ccccc3s2)c1OCCCCCCCCCC. The normalized spacial score (nSPS) is 11.6. The molecule has 0 radical (unpaired) electrons. The largest absolute Gasteiger partial charge is 0.488 e. The maximum atomic E-state index is 6.70. The van der Waals surface area contributed by atoms with E-state index in [9.17, 15) is 0 Å². The van der Waals surface area contributed by atoms with Gasteiger partial charge in [0, 0.05) is 0 Å². The highest BCUT2D eigenvalue weighted by Crippen LogP contribution is 2.54. The molecule has 2 aromatic carbocycles. The molecule has 7 heteroatoms. The van der Waals surface area contributed by atoms with Crippen molar-refractivity contribution in [1.29, 1.82) is 0 Å². The summed E-state index contributed by atoms with van der Waals surface area (Å²) in [5.41, 5.74) is 2.06. The zero-order valence-electron chi connectivity index (χ0n) is 27.3. The molecule has 45 heavy (non-hydrogen) atoms. The maximum absolute atomic E-state index is 6.70. The third-order valence-corrected chi connectivity index (χ3v) is 11.8. The van der Waals surface area contributed by atoms with E-state index in [0.717, 1.165) is 55.1 Å². The fraction of sp³-hybridized carbons (Fsp3) is 0.526. The third kappa shape index (κ3) is 9.76. The molecule has 0 amide bonds. The second-order valence-corrected chi connectivity index (χ2v) is 15.1. The Morgan fingerprint density at radius 2 is 0.844 bits per heavy atom. The quantitative estimate of drug-likeness (QED) is 0.0692. The standard InChI is InChI=1S/C38H50N2O2S3/c1-3-5-7-9-11-13-15-21-27-41-33-34(42-28-22-16-14-12-10-8-6-4-2)36(38-40-30-24-18-20-26-32(30)44-38)45-35(33)37-39-29-23-17-19-25-31(29)43-37/h17-20,23-26H,3-16,21-22,27-28H2,1-2H3. The molecule has 0 aliphatic heterocycles. The van der Waals surface area contributed by atoms with Gasteiger partial charge in [-0.3, -0.25) is 0 Å². The number of para-hydroxylation sites is 2. The molecule has 4 nitrogen and oxygen atoms in total. The van der Waals surface area contributed by atoms with Crippen LogP contribution in [0.5, 0.6) is 11.5 Å². The van der Waals surface area contributed by atoms with Gasteiger partial charge in [-0.25, -0.2) is 9.97 Å². The van der Waals surface area contributed by atoms with E-state index in [1.807, 2.05) is 0 Å². The second kappa shape index (κ2) is 18.6. The van der Waals surface area contributed by atoms with Crippen LogP contribution in [0.1, 0.15) is 117 Å². The van der Waals surface area contributed by atoms with E-state index in [0.29, 0.717) is 13.2 Å². The van der Waals surface area contributed by atoms with Crippen LogP contribution in [-0.2, 0) is 0 Å². The van der Waals surface area contributed by atoms with Gasteiger partial charge in [0.2, 0.25) is 0 Å². The zero-order valence-corrected chi connectivity index (χ0v) is 29.7. The molecule has 0 N–H and O–H groups in total. The van der Waals surface area contributed by atoms with E-state index in [-0.39, 0.29) is 0 Å². The Kier molecular flexibility index (Phi) is 14.0. The molecular weight excluding hydrogens is 613 g/mol. The van der Waals surface area contributed by atoms with Crippen molar-refractivity contribution in [3.05, 3.63) is 48.5 Å². The van der Waals surface area contributed by atoms with Crippen LogP contribution in [0.3, 0.4) is 0 Å². The smallest absolute Gasteiger partial charge is 0.183 e. The summed E-state index contributed by atoms with van der Waals surface area (Å²) in [7, 11) is 0. The molecule has 3 heterocycles. The molecule has 0 saturated heterocycles. The van der Waals surface area contributed by atoms with Crippen molar-refractivity contribution >= 4 is 54.4 Å². The van der Waals surface area contributed by atoms with Crippen LogP contribution in [0.25, 0.3) is 40.2 Å². The van der Waals surface area contributed by atoms with Gasteiger partial charge in [0.1, 0.15) is 19.8 Å². The Labute approximate surface area is 282 Å². The average Bonchev–Trinajstić information content (AvgIpc) is 3.78. The summed E-state index contributed by atoms with van der Waals surface area (Å²) in [4.78, 5) is 12.2. The van der Waals surface area contributed by atoms with Crippen molar-refractivity contribution in [2.75, 3.05) is 13.2 Å². The summed E-state index contributed by atoms with van der Waals surface area (Å²) in [5, 5.41) is 1.99. The lowest BCUT2D eigenvalue weighted by atomic mass is 10.1. The summed E-state index contributed by atoms with van der Waals surface area (Å²) in [6, 6.07) is 16.8. The van der Waals surface area contributed by atoms with Gasteiger partial charge in [0.05, 0.1) is 33.6 Å². The number of rotatable bonds is 22. The highest BCUT2D eigenvalue weighted by Gasteiger charge is 2.27. The molecule has 0 unspecified atom stereocenters. The first-order chi connectivity index (χ1) is 22.3. The number of nitrogens with zero attached hydrogens (tertiary/aromatic N) is 2. The zero-order chi connectivity index (χ0) is 31.1. The Balaban J connectivity index is 1.36. The minimum absolute atomic E-state index is 0.691. The van der Waals surface area contributed by atoms with E-state index < -0.39 is 0 Å². The van der Waals surface area contributed by atoms with Gasteiger partial charge in [-0.1, -0.05) is 128 Å². The monoisotopic (exact) mass is 662 g/mol. The fourth-order valence-electron chi connectivity index (χ4n) is 5.70. The summed E-state index contributed by atoms with van der Waals surface area (Å²) in [6.45, 7) is 5.94. The predicted molar refractivity (Wildman–Crippen MR) is 198 cm³/mol. The molecule has 0 spiro atoms. The van der Waals surface area contributed by atoms with E-state index in [4.69, 9.17) is 19.4 Å². The fourth-order valence-corrected chi connectivity index (χ4v) is 8.97. The van der Waals surface area contributed by atoms with Crippen molar-refractivity contribution in [1.82, 2.24) is 9.97 Å². The second-order valence-electron chi connectivity index (χ2n) is 12.0. The Morgan fingerprint density at radius 3 is 1.24 bits per heavy atom. The lowest BCUT2D eigenvalue weighted by molar-refractivity contribution is 0.262. The molecule has 0 bridgehead atoms. The number of unbranched alkanes of at least 4 members (excludes halogenated alkanes) is 14. The van der Waals surface area contributed by atoms with Crippen molar-refractivity contribution in [2.45, 2.75) is 117 Å². The van der Waals surface area contributed by atoms with Gasteiger partial charge in [-0.05, 0) is 37.1 Å². The molecular formula is C38H50N2O2S3. The van der Waals surface area contributed by atoms with Crippen LogP contribution in [0.2, 0.25) is 0 Å².